The molecule has 3 heteroatoms. The van der Waals surface area contributed by atoms with E-state index in [0.717, 1.165) is 18.7 Å². The standard InChI is InChI=1S/C18H28N2O/c1-4-5-6-11-20(16(2)3)12-8-13-21-18-10-7-9-17(14-18)15-19/h7,9-10,14,16H,4-6,8,11-13H2,1-3H3. The number of hydrogen-bond acceptors (Lipinski definition) is 3. The van der Waals surface area contributed by atoms with Crippen LogP contribution in [-0.2, 0) is 0 Å². The van der Waals surface area contributed by atoms with Crippen LogP contribution < -0.4 is 4.74 Å². The van der Waals surface area contributed by atoms with Crippen molar-refractivity contribution in [2.45, 2.75) is 52.5 Å². The maximum Gasteiger partial charge on any atom is 0.120 e. The van der Waals surface area contributed by atoms with Crippen LogP contribution in [0.3, 0.4) is 0 Å². The summed E-state index contributed by atoms with van der Waals surface area (Å²) in [5.41, 5.74) is 0.649. The molecule has 0 N–H and O–H groups in total. The summed E-state index contributed by atoms with van der Waals surface area (Å²) < 4.78 is 5.73. The predicted octanol–water partition coefficient (Wildman–Crippen LogP) is 4.23. The number of hydrogen-bond donors (Lipinski definition) is 0. The molecule has 0 fully saturated rings. The lowest BCUT2D eigenvalue weighted by molar-refractivity contribution is 0.194. The van der Waals surface area contributed by atoms with E-state index in [0.29, 0.717) is 18.2 Å². The summed E-state index contributed by atoms with van der Waals surface area (Å²) in [5, 5.41) is 8.86. The van der Waals surface area contributed by atoms with Gasteiger partial charge in [0.05, 0.1) is 18.2 Å². The van der Waals surface area contributed by atoms with Crippen LogP contribution in [0.15, 0.2) is 24.3 Å². The molecule has 0 bridgehead atoms. The van der Waals surface area contributed by atoms with Crippen molar-refractivity contribution in [2.24, 2.45) is 0 Å². The first-order chi connectivity index (χ1) is 10.2. The molecule has 1 rings (SSSR count). The first-order valence-corrected chi connectivity index (χ1v) is 8.04. The summed E-state index contributed by atoms with van der Waals surface area (Å²) in [4.78, 5) is 2.52. The van der Waals surface area contributed by atoms with E-state index in [2.05, 4.69) is 31.7 Å². The van der Waals surface area contributed by atoms with E-state index in [9.17, 15) is 0 Å². The smallest absolute Gasteiger partial charge is 0.120 e. The van der Waals surface area contributed by atoms with Gasteiger partial charge in [0.15, 0.2) is 0 Å². The first-order valence-electron chi connectivity index (χ1n) is 8.04. The van der Waals surface area contributed by atoms with Gasteiger partial charge in [-0.3, -0.25) is 0 Å². The van der Waals surface area contributed by atoms with E-state index in [1.165, 1.54) is 25.8 Å². The Hall–Kier alpha value is -1.53. The fourth-order valence-electron chi connectivity index (χ4n) is 2.31. The maximum absolute atomic E-state index is 8.86. The molecule has 0 heterocycles. The number of unbranched alkanes of at least 4 members (excludes halogenated alkanes) is 2. The number of ether oxygens (including phenoxy) is 1. The van der Waals surface area contributed by atoms with Gasteiger partial charge in [0, 0.05) is 12.6 Å². The normalized spacial score (nSPS) is 10.9. The van der Waals surface area contributed by atoms with Gasteiger partial charge in [-0.1, -0.05) is 25.8 Å². The first kappa shape index (κ1) is 17.5. The van der Waals surface area contributed by atoms with E-state index in [-0.39, 0.29) is 0 Å². The molecular formula is C18H28N2O. The molecule has 3 nitrogen and oxygen atoms in total. The Bertz CT molecular complexity index is 437. The summed E-state index contributed by atoms with van der Waals surface area (Å²) in [7, 11) is 0. The molecule has 0 atom stereocenters. The third kappa shape index (κ3) is 7.15. The van der Waals surface area contributed by atoms with E-state index in [1.807, 2.05) is 12.1 Å². The van der Waals surface area contributed by atoms with Gasteiger partial charge in [0.25, 0.3) is 0 Å². The number of nitrogens with zero attached hydrogens (tertiary/aromatic N) is 2. The van der Waals surface area contributed by atoms with Crippen molar-refractivity contribution in [3.8, 4) is 11.8 Å². The molecule has 0 aliphatic carbocycles. The highest BCUT2D eigenvalue weighted by molar-refractivity contribution is 5.36. The highest BCUT2D eigenvalue weighted by Gasteiger charge is 2.08. The molecule has 116 valence electrons. The Labute approximate surface area is 129 Å². The van der Waals surface area contributed by atoms with E-state index in [1.54, 1.807) is 12.1 Å². The molecule has 1 aromatic carbocycles. The van der Waals surface area contributed by atoms with Crippen molar-refractivity contribution < 1.29 is 4.74 Å². The average molecular weight is 288 g/mol. The topological polar surface area (TPSA) is 36.3 Å². The largest absolute Gasteiger partial charge is 0.494 e. The molecular weight excluding hydrogens is 260 g/mol. The molecule has 0 aromatic heterocycles. The molecule has 0 unspecified atom stereocenters. The lowest BCUT2D eigenvalue weighted by Crippen LogP contribution is -2.33. The van der Waals surface area contributed by atoms with Crippen molar-refractivity contribution in [1.29, 1.82) is 5.26 Å². The monoisotopic (exact) mass is 288 g/mol. The van der Waals surface area contributed by atoms with Crippen LogP contribution in [0.2, 0.25) is 0 Å². The highest BCUT2D eigenvalue weighted by atomic mass is 16.5. The van der Waals surface area contributed by atoms with Gasteiger partial charge in [0.1, 0.15) is 5.75 Å². The summed E-state index contributed by atoms with van der Waals surface area (Å²) in [5.74, 6) is 0.788. The van der Waals surface area contributed by atoms with E-state index < -0.39 is 0 Å². The highest BCUT2D eigenvalue weighted by Crippen LogP contribution is 2.13. The van der Waals surface area contributed by atoms with Gasteiger partial charge in [-0.05, 0) is 51.4 Å². The van der Waals surface area contributed by atoms with Gasteiger partial charge >= 0.3 is 0 Å². The minimum Gasteiger partial charge on any atom is -0.494 e. The minimum absolute atomic E-state index is 0.587. The quantitative estimate of drug-likeness (QED) is 0.605. The Morgan fingerprint density at radius 2 is 1.95 bits per heavy atom. The molecule has 0 spiro atoms. The molecule has 1 aromatic rings. The summed E-state index contributed by atoms with van der Waals surface area (Å²) in [6, 6.07) is 10.1. The maximum atomic E-state index is 8.86. The molecule has 21 heavy (non-hydrogen) atoms. The minimum atomic E-state index is 0.587. The van der Waals surface area contributed by atoms with Crippen LogP contribution in [0.25, 0.3) is 0 Å². The molecule has 0 saturated carbocycles. The second-order valence-corrected chi connectivity index (χ2v) is 5.68. The average Bonchev–Trinajstić information content (AvgIpc) is 2.49. The van der Waals surface area contributed by atoms with Crippen LogP contribution in [-0.4, -0.2) is 30.6 Å². The van der Waals surface area contributed by atoms with Gasteiger partial charge < -0.3 is 9.64 Å². The van der Waals surface area contributed by atoms with Crippen LogP contribution >= 0.6 is 0 Å². The predicted molar refractivity (Wildman–Crippen MR) is 87.5 cm³/mol. The third-order valence-corrected chi connectivity index (χ3v) is 3.60. The number of benzene rings is 1. The van der Waals surface area contributed by atoms with Crippen molar-refractivity contribution in [3.05, 3.63) is 29.8 Å². The second kappa shape index (κ2) is 10.2. The fraction of sp³-hybridized carbons (Fsp3) is 0.611. The molecule has 0 saturated heterocycles. The van der Waals surface area contributed by atoms with Crippen LogP contribution in [0.1, 0.15) is 52.0 Å². The molecule has 0 amide bonds. The third-order valence-electron chi connectivity index (χ3n) is 3.60. The Balaban J connectivity index is 2.28. The molecule has 0 aliphatic heterocycles. The SMILES string of the molecule is CCCCCN(CCCOc1cccc(C#N)c1)C(C)C. The fourth-order valence-corrected chi connectivity index (χ4v) is 2.31. The lowest BCUT2D eigenvalue weighted by Gasteiger charge is -2.26. The van der Waals surface area contributed by atoms with Crippen LogP contribution in [0.5, 0.6) is 5.75 Å². The van der Waals surface area contributed by atoms with E-state index >= 15 is 0 Å². The van der Waals surface area contributed by atoms with Gasteiger partial charge in [0.2, 0.25) is 0 Å². The number of nitriles is 1. The zero-order valence-electron chi connectivity index (χ0n) is 13.6. The Morgan fingerprint density at radius 1 is 1.19 bits per heavy atom. The zero-order chi connectivity index (χ0) is 15.5. The summed E-state index contributed by atoms with van der Waals surface area (Å²) in [6.07, 6.45) is 4.87. The second-order valence-electron chi connectivity index (χ2n) is 5.68. The Morgan fingerprint density at radius 3 is 2.62 bits per heavy atom. The lowest BCUT2D eigenvalue weighted by atomic mass is 10.2. The van der Waals surface area contributed by atoms with Crippen LogP contribution in [0.4, 0.5) is 0 Å². The Kier molecular flexibility index (Phi) is 8.54. The zero-order valence-corrected chi connectivity index (χ0v) is 13.6. The van der Waals surface area contributed by atoms with E-state index in [4.69, 9.17) is 10.00 Å². The van der Waals surface area contributed by atoms with Crippen molar-refractivity contribution >= 4 is 0 Å². The molecule has 0 radical (unpaired) electrons. The van der Waals surface area contributed by atoms with Gasteiger partial charge in [-0.25, -0.2) is 0 Å². The van der Waals surface area contributed by atoms with Crippen LogP contribution in [0, 0.1) is 11.3 Å². The van der Waals surface area contributed by atoms with Crippen molar-refractivity contribution in [2.75, 3.05) is 19.7 Å². The van der Waals surface area contributed by atoms with Crippen molar-refractivity contribution in [3.63, 3.8) is 0 Å². The summed E-state index contributed by atoms with van der Waals surface area (Å²) in [6.45, 7) is 9.69. The van der Waals surface area contributed by atoms with Gasteiger partial charge in [-0.2, -0.15) is 5.26 Å². The molecule has 0 aliphatic rings. The number of rotatable bonds is 10. The summed E-state index contributed by atoms with van der Waals surface area (Å²) >= 11 is 0. The van der Waals surface area contributed by atoms with Crippen molar-refractivity contribution in [1.82, 2.24) is 4.90 Å². The van der Waals surface area contributed by atoms with Gasteiger partial charge in [-0.15, -0.1) is 0 Å².